The van der Waals surface area contributed by atoms with Crippen molar-refractivity contribution in [1.29, 1.82) is 0 Å². The van der Waals surface area contributed by atoms with Crippen LogP contribution in [-0.4, -0.2) is 0 Å². The van der Waals surface area contributed by atoms with E-state index in [-0.39, 0.29) is 0 Å². The number of nitrogens with two attached hydrogens (primary N) is 1. The van der Waals surface area contributed by atoms with Crippen LogP contribution in [0.2, 0.25) is 0 Å². The minimum absolute atomic E-state index is 0.682. The molecule has 0 aliphatic rings. The summed E-state index contributed by atoms with van der Waals surface area (Å²) in [6.07, 6.45) is 0. The maximum absolute atomic E-state index is 5.47. The van der Waals surface area contributed by atoms with Crippen LogP contribution in [0.1, 0.15) is 5.56 Å². The van der Waals surface area contributed by atoms with Gasteiger partial charge in [-0.2, -0.15) is 0 Å². The number of benzene rings is 1. The molecule has 2 heteroatoms. The third-order valence-corrected chi connectivity index (χ3v) is 1.45. The predicted octanol–water partition coefficient (Wildman–Crippen LogP) is 2.14. The summed E-state index contributed by atoms with van der Waals surface area (Å²) in [7, 11) is 0. The molecule has 0 atom stereocenters. The van der Waals surface area contributed by atoms with Gasteiger partial charge in [0.1, 0.15) is 0 Å². The standard InChI is InChI=1S/C7H7BrN/c1-5-2-6(8)4-7(9)3-5/h2,4H,9H2,1H3. The van der Waals surface area contributed by atoms with E-state index < -0.39 is 0 Å². The Morgan fingerprint density at radius 1 is 1.56 bits per heavy atom. The minimum Gasteiger partial charge on any atom is -0.398 e. The van der Waals surface area contributed by atoms with Gasteiger partial charge >= 0.3 is 0 Å². The van der Waals surface area contributed by atoms with Crippen LogP contribution < -0.4 is 5.73 Å². The summed E-state index contributed by atoms with van der Waals surface area (Å²) in [6, 6.07) is 6.75. The molecule has 0 saturated carbocycles. The molecule has 1 aromatic carbocycles. The van der Waals surface area contributed by atoms with Crippen molar-refractivity contribution in [3.63, 3.8) is 0 Å². The van der Waals surface area contributed by atoms with E-state index in [4.69, 9.17) is 5.73 Å². The first-order chi connectivity index (χ1) is 4.18. The van der Waals surface area contributed by atoms with Gasteiger partial charge in [0.05, 0.1) is 0 Å². The molecule has 1 aromatic rings. The first-order valence-corrected chi connectivity index (χ1v) is 3.43. The topological polar surface area (TPSA) is 26.0 Å². The summed E-state index contributed by atoms with van der Waals surface area (Å²) in [6.45, 7) is 1.96. The quantitative estimate of drug-likeness (QED) is 0.615. The maximum atomic E-state index is 5.47. The van der Waals surface area contributed by atoms with Crippen molar-refractivity contribution in [1.82, 2.24) is 0 Å². The summed E-state index contributed by atoms with van der Waals surface area (Å²) in [5.41, 5.74) is 7.21. The average Bonchev–Trinajstić information content (AvgIpc) is 1.59. The predicted molar refractivity (Wildman–Crippen MR) is 42.1 cm³/mol. The highest BCUT2D eigenvalue weighted by Crippen LogP contribution is 2.15. The molecule has 0 unspecified atom stereocenters. The molecular formula is C7H7BrN. The van der Waals surface area contributed by atoms with Crippen LogP contribution in [0.4, 0.5) is 5.69 Å². The Labute approximate surface area is 63.0 Å². The molecule has 0 bridgehead atoms. The van der Waals surface area contributed by atoms with E-state index >= 15 is 0 Å². The molecule has 0 fully saturated rings. The van der Waals surface area contributed by atoms with Crippen LogP contribution in [-0.2, 0) is 0 Å². The summed E-state index contributed by atoms with van der Waals surface area (Å²) in [4.78, 5) is 0. The third-order valence-electron chi connectivity index (χ3n) is 0.989. The summed E-state index contributed by atoms with van der Waals surface area (Å²) >= 11 is 3.31. The lowest BCUT2D eigenvalue weighted by Gasteiger charge is -1.94. The van der Waals surface area contributed by atoms with E-state index in [2.05, 4.69) is 22.0 Å². The van der Waals surface area contributed by atoms with Crippen LogP contribution in [0.15, 0.2) is 16.6 Å². The molecule has 0 aliphatic heterocycles. The largest absolute Gasteiger partial charge is 0.398 e. The van der Waals surface area contributed by atoms with Crippen molar-refractivity contribution in [2.45, 2.75) is 6.92 Å². The van der Waals surface area contributed by atoms with Crippen molar-refractivity contribution >= 4 is 21.6 Å². The molecule has 0 aromatic heterocycles. The third kappa shape index (κ3) is 1.72. The van der Waals surface area contributed by atoms with Crippen molar-refractivity contribution in [3.8, 4) is 0 Å². The summed E-state index contributed by atoms with van der Waals surface area (Å²) < 4.78 is 1.01. The van der Waals surface area contributed by atoms with Gasteiger partial charge in [-0.1, -0.05) is 15.9 Å². The number of aryl methyl sites for hydroxylation is 1. The zero-order valence-corrected chi connectivity index (χ0v) is 6.70. The van der Waals surface area contributed by atoms with Crippen LogP contribution in [0.25, 0.3) is 0 Å². The fourth-order valence-corrected chi connectivity index (χ4v) is 1.29. The number of anilines is 1. The monoisotopic (exact) mass is 184 g/mol. The van der Waals surface area contributed by atoms with Gasteiger partial charge in [-0.25, -0.2) is 0 Å². The molecule has 0 amide bonds. The number of hydrogen-bond donors (Lipinski definition) is 1. The Morgan fingerprint density at radius 3 is 2.67 bits per heavy atom. The highest BCUT2D eigenvalue weighted by atomic mass is 79.9. The zero-order valence-electron chi connectivity index (χ0n) is 5.11. The number of hydrogen-bond acceptors (Lipinski definition) is 1. The Morgan fingerprint density at radius 2 is 2.22 bits per heavy atom. The van der Waals surface area contributed by atoms with Crippen LogP contribution in [0.5, 0.6) is 0 Å². The minimum atomic E-state index is 0.682. The van der Waals surface area contributed by atoms with E-state index in [1.165, 1.54) is 0 Å². The van der Waals surface area contributed by atoms with Gasteiger partial charge in [-0.05, 0) is 24.6 Å². The fourth-order valence-electron chi connectivity index (χ4n) is 0.697. The van der Waals surface area contributed by atoms with Gasteiger partial charge in [0.25, 0.3) is 0 Å². The Balaban J connectivity index is 3.17. The average molecular weight is 185 g/mol. The van der Waals surface area contributed by atoms with Gasteiger partial charge in [0.2, 0.25) is 0 Å². The second kappa shape index (κ2) is 2.40. The first-order valence-electron chi connectivity index (χ1n) is 2.63. The van der Waals surface area contributed by atoms with Crippen LogP contribution >= 0.6 is 15.9 Å². The first kappa shape index (κ1) is 6.62. The number of halogens is 1. The smallest absolute Gasteiger partial charge is 0.0408 e. The van der Waals surface area contributed by atoms with Gasteiger partial charge in [-0.3, -0.25) is 0 Å². The molecule has 9 heavy (non-hydrogen) atoms. The molecule has 1 rings (SSSR count). The molecular weight excluding hydrogens is 178 g/mol. The molecule has 0 heterocycles. The van der Waals surface area contributed by atoms with Gasteiger partial charge in [0.15, 0.2) is 0 Å². The van der Waals surface area contributed by atoms with E-state index in [9.17, 15) is 0 Å². The van der Waals surface area contributed by atoms with Crippen molar-refractivity contribution < 1.29 is 0 Å². The number of rotatable bonds is 0. The second-order valence-electron chi connectivity index (χ2n) is 1.94. The molecule has 47 valence electrons. The summed E-state index contributed by atoms with van der Waals surface area (Å²) in [5, 5.41) is 0. The van der Waals surface area contributed by atoms with E-state index in [0.29, 0.717) is 5.69 Å². The van der Waals surface area contributed by atoms with E-state index in [1.54, 1.807) is 0 Å². The van der Waals surface area contributed by atoms with E-state index in [0.717, 1.165) is 10.0 Å². The molecule has 1 radical (unpaired) electrons. The Bertz CT molecular complexity index is 170. The van der Waals surface area contributed by atoms with Gasteiger partial charge in [-0.15, -0.1) is 0 Å². The van der Waals surface area contributed by atoms with Crippen LogP contribution in [0.3, 0.4) is 0 Å². The lowest BCUT2D eigenvalue weighted by molar-refractivity contribution is 1.44. The molecule has 2 N–H and O–H groups in total. The normalized spacial score (nSPS) is 9.56. The zero-order chi connectivity index (χ0) is 6.85. The number of nitrogen functional groups attached to an aromatic ring is 1. The Hall–Kier alpha value is -0.500. The van der Waals surface area contributed by atoms with E-state index in [1.807, 2.05) is 19.1 Å². The Kier molecular flexibility index (Phi) is 1.76. The highest BCUT2D eigenvalue weighted by Gasteiger charge is 1.90. The molecule has 0 aliphatic carbocycles. The SMILES string of the molecule is Cc1[c]c(N)cc(Br)c1. The van der Waals surface area contributed by atoms with Crippen LogP contribution in [0, 0.1) is 13.0 Å². The highest BCUT2D eigenvalue weighted by molar-refractivity contribution is 9.10. The van der Waals surface area contributed by atoms with Gasteiger partial charge < -0.3 is 5.73 Å². The maximum Gasteiger partial charge on any atom is 0.0408 e. The lowest BCUT2D eigenvalue weighted by Crippen LogP contribution is -1.85. The fraction of sp³-hybridized carbons (Fsp3) is 0.143. The molecule has 0 saturated heterocycles. The van der Waals surface area contributed by atoms with Gasteiger partial charge in [0, 0.05) is 16.2 Å². The van der Waals surface area contributed by atoms with Crippen molar-refractivity contribution in [2.24, 2.45) is 0 Å². The summed E-state index contributed by atoms with van der Waals surface area (Å²) in [5.74, 6) is 0. The second-order valence-corrected chi connectivity index (χ2v) is 2.85. The molecule has 0 spiro atoms. The lowest BCUT2D eigenvalue weighted by atomic mass is 10.2. The van der Waals surface area contributed by atoms with Crippen molar-refractivity contribution in [2.75, 3.05) is 5.73 Å². The molecule has 1 nitrogen and oxygen atoms in total. The van der Waals surface area contributed by atoms with Crippen molar-refractivity contribution in [3.05, 3.63) is 28.2 Å².